The Morgan fingerprint density at radius 3 is 2.85 bits per heavy atom. The second kappa shape index (κ2) is 4.45. The Morgan fingerprint density at radius 1 is 1.46 bits per heavy atom. The highest BCUT2D eigenvalue weighted by molar-refractivity contribution is 14.1. The fourth-order valence-electron chi connectivity index (χ4n) is 1.22. The molecular weight excluding hydrogens is 297 g/mol. The molecule has 1 aliphatic heterocycles. The minimum absolute atomic E-state index is 0.560. The molecule has 3 nitrogen and oxygen atoms in total. The topological polar surface area (TPSA) is 37.8 Å². The van der Waals surface area contributed by atoms with Gasteiger partial charge >= 0.3 is 0 Å². The fraction of sp³-hybridized carbons (Fsp3) is 0.500. The van der Waals surface area contributed by atoms with Gasteiger partial charge in [0, 0.05) is 27.8 Å². The van der Waals surface area contributed by atoms with E-state index in [-0.39, 0.29) is 0 Å². The summed E-state index contributed by atoms with van der Waals surface area (Å²) in [4.78, 5) is 8.41. The molecule has 5 heteroatoms. The van der Waals surface area contributed by atoms with Gasteiger partial charge in [-0.3, -0.25) is 0 Å². The molecule has 1 unspecified atom stereocenters. The molecule has 2 rings (SSSR count). The largest absolute Gasteiger partial charge is 0.351 e. The SMILES string of the molecule is Ic1cnc(NC2CCSC2)nc1. The van der Waals surface area contributed by atoms with Crippen LogP contribution in [-0.2, 0) is 0 Å². The minimum Gasteiger partial charge on any atom is -0.351 e. The maximum atomic E-state index is 4.20. The Kier molecular flexibility index (Phi) is 3.26. The van der Waals surface area contributed by atoms with E-state index in [1.165, 1.54) is 17.9 Å². The first kappa shape index (κ1) is 9.51. The smallest absolute Gasteiger partial charge is 0.222 e. The lowest BCUT2D eigenvalue weighted by Gasteiger charge is -2.09. The number of rotatable bonds is 2. The molecule has 0 aliphatic carbocycles. The number of anilines is 1. The molecule has 0 amide bonds. The van der Waals surface area contributed by atoms with Crippen LogP contribution in [0.4, 0.5) is 5.95 Å². The average Bonchev–Trinajstić information content (AvgIpc) is 2.62. The van der Waals surface area contributed by atoms with Crippen LogP contribution in [0.1, 0.15) is 6.42 Å². The predicted molar refractivity (Wildman–Crippen MR) is 64.1 cm³/mol. The van der Waals surface area contributed by atoms with Crippen molar-refractivity contribution in [1.29, 1.82) is 0 Å². The van der Waals surface area contributed by atoms with Crippen LogP contribution in [0.25, 0.3) is 0 Å². The summed E-state index contributed by atoms with van der Waals surface area (Å²) in [6.07, 6.45) is 4.88. The predicted octanol–water partition coefficient (Wildman–Crippen LogP) is 2.00. The van der Waals surface area contributed by atoms with Crippen LogP contribution in [-0.4, -0.2) is 27.5 Å². The highest BCUT2D eigenvalue weighted by Gasteiger charge is 2.15. The van der Waals surface area contributed by atoms with E-state index in [0.717, 1.165) is 9.52 Å². The van der Waals surface area contributed by atoms with E-state index in [1.54, 1.807) is 0 Å². The highest BCUT2D eigenvalue weighted by Crippen LogP contribution is 2.19. The standard InChI is InChI=1S/C8H10IN3S/c9-6-3-10-8(11-4-6)12-7-1-2-13-5-7/h3-4,7H,1-2,5H2,(H,10,11,12). The van der Waals surface area contributed by atoms with E-state index in [9.17, 15) is 0 Å². The van der Waals surface area contributed by atoms with E-state index in [1.807, 2.05) is 24.2 Å². The second-order valence-electron chi connectivity index (χ2n) is 2.93. The summed E-state index contributed by atoms with van der Waals surface area (Å²) in [5.74, 6) is 3.19. The van der Waals surface area contributed by atoms with E-state index >= 15 is 0 Å². The molecule has 0 spiro atoms. The van der Waals surface area contributed by atoms with Crippen molar-refractivity contribution in [3.8, 4) is 0 Å². The van der Waals surface area contributed by atoms with Crippen molar-refractivity contribution >= 4 is 40.3 Å². The third kappa shape index (κ3) is 2.70. The van der Waals surface area contributed by atoms with Gasteiger partial charge in [0.2, 0.25) is 5.95 Å². The van der Waals surface area contributed by atoms with Crippen LogP contribution in [0.5, 0.6) is 0 Å². The summed E-state index contributed by atoms with van der Waals surface area (Å²) in [7, 11) is 0. The first-order valence-corrected chi connectivity index (χ1v) is 6.40. The van der Waals surface area contributed by atoms with Gasteiger partial charge in [-0.1, -0.05) is 0 Å². The number of aromatic nitrogens is 2. The van der Waals surface area contributed by atoms with Crippen LogP contribution in [0, 0.1) is 3.57 Å². The summed E-state index contributed by atoms with van der Waals surface area (Å²) in [5, 5.41) is 3.32. The molecule has 1 N–H and O–H groups in total. The number of nitrogens with one attached hydrogen (secondary N) is 1. The summed E-state index contributed by atoms with van der Waals surface area (Å²) in [6.45, 7) is 0. The van der Waals surface area contributed by atoms with Gasteiger partial charge < -0.3 is 5.32 Å². The van der Waals surface area contributed by atoms with E-state index in [0.29, 0.717) is 6.04 Å². The van der Waals surface area contributed by atoms with Crippen LogP contribution in [0.15, 0.2) is 12.4 Å². The molecule has 13 heavy (non-hydrogen) atoms. The van der Waals surface area contributed by atoms with Crippen molar-refractivity contribution in [3.63, 3.8) is 0 Å². The third-order valence-corrected chi connectivity index (χ3v) is 3.60. The number of hydrogen-bond acceptors (Lipinski definition) is 4. The molecule has 0 aromatic carbocycles. The summed E-state index contributed by atoms with van der Waals surface area (Å²) >= 11 is 4.19. The van der Waals surface area contributed by atoms with Gasteiger partial charge in [-0.05, 0) is 34.8 Å². The molecule has 70 valence electrons. The zero-order valence-electron chi connectivity index (χ0n) is 7.03. The van der Waals surface area contributed by atoms with Crippen molar-refractivity contribution in [1.82, 2.24) is 9.97 Å². The summed E-state index contributed by atoms with van der Waals surface area (Å²) in [5.41, 5.74) is 0. The van der Waals surface area contributed by atoms with Crippen LogP contribution in [0.2, 0.25) is 0 Å². The number of hydrogen-bond donors (Lipinski definition) is 1. The number of nitrogens with zero attached hydrogens (tertiary/aromatic N) is 2. The van der Waals surface area contributed by atoms with Gasteiger partial charge in [0.25, 0.3) is 0 Å². The zero-order chi connectivity index (χ0) is 9.10. The van der Waals surface area contributed by atoms with Crippen LogP contribution in [0.3, 0.4) is 0 Å². The molecule has 0 radical (unpaired) electrons. The molecule has 0 bridgehead atoms. The fourth-order valence-corrected chi connectivity index (χ4v) is 2.65. The monoisotopic (exact) mass is 307 g/mol. The van der Waals surface area contributed by atoms with Gasteiger partial charge in [0.05, 0.1) is 0 Å². The Morgan fingerprint density at radius 2 is 2.23 bits per heavy atom. The Labute approximate surface area is 95.3 Å². The van der Waals surface area contributed by atoms with Crippen molar-refractivity contribution in [2.45, 2.75) is 12.5 Å². The van der Waals surface area contributed by atoms with E-state index in [2.05, 4.69) is 37.9 Å². The zero-order valence-corrected chi connectivity index (χ0v) is 10.0. The van der Waals surface area contributed by atoms with Crippen molar-refractivity contribution in [2.75, 3.05) is 16.8 Å². The molecule has 1 aliphatic rings. The van der Waals surface area contributed by atoms with Crippen molar-refractivity contribution in [3.05, 3.63) is 16.0 Å². The Bertz CT molecular complexity index is 271. The number of halogens is 1. The lowest BCUT2D eigenvalue weighted by atomic mass is 10.3. The van der Waals surface area contributed by atoms with Gasteiger partial charge in [-0.2, -0.15) is 11.8 Å². The average molecular weight is 307 g/mol. The number of thioether (sulfide) groups is 1. The first-order valence-electron chi connectivity index (χ1n) is 4.16. The molecule has 2 heterocycles. The van der Waals surface area contributed by atoms with Crippen molar-refractivity contribution < 1.29 is 0 Å². The normalized spacial score (nSPS) is 21.8. The maximum absolute atomic E-state index is 4.20. The lowest BCUT2D eigenvalue weighted by Crippen LogP contribution is -2.19. The molecule has 1 aromatic heterocycles. The second-order valence-corrected chi connectivity index (χ2v) is 5.33. The Balaban J connectivity index is 1.97. The summed E-state index contributed by atoms with van der Waals surface area (Å²) in [6, 6.07) is 0.560. The highest BCUT2D eigenvalue weighted by atomic mass is 127. The van der Waals surface area contributed by atoms with E-state index in [4.69, 9.17) is 0 Å². The van der Waals surface area contributed by atoms with Gasteiger partial charge in [0.15, 0.2) is 0 Å². The first-order chi connectivity index (χ1) is 6.34. The Hall–Kier alpha value is -0.0400. The van der Waals surface area contributed by atoms with Crippen LogP contribution >= 0.6 is 34.4 Å². The van der Waals surface area contributed by atoms with E-state index < -0.39 is 0 Å². The molecule has 1 fully saturated rings. The molecular formula is C8H10IN3S. The molecule has 1 saturated heterocycles. The molecule has 0 saturated carbocycles. The minimum atomic E-state index is 0.560. The van der Waals surface area contributed by atoms with Gasteiger partial charge in [0.1, 0.15) is 0 Å². The maximum Gasteiger partial charge on any atom is 0.222 e. The molecule has 1 atom stereocenters. The van der Waals surface area contributed by atoms with Crippen molar-refractivity contribution in [2.24, 2.45) is 0 Å². The van der Waals surface area contributed by atoms with Gasteiger partial charge in [-0.25, -0.2) is 9.97 Å². The molecule has 1 aromatic rings. The summed E-state index contributed by atoms with van der Waals surface area (Å²) < 4.78 is 1.07. The third-order valence-electron chi connectivity index (χ3n) is 1.88. The lowest BCUT2D eigenvalue weighted by molar-refractivity contribution is 0.798. The quantitative estimate of drug-likeness (QED) is 0.848. The van der Waals surface area contributed by atoms with Crippen LogP contribution < -0.4 is 5.32 Å². The van der Waals surface area contributed by atoms with Gasteiger partial charge in [-0.15, -0.1) is 0 Å².